The molecule has 2 nitrogen and oxygen atoms in total. The molecule has 19 heavy (non-hydrogen) atoms. The molecule has 0 saturated carbocycles. The lowest BCUT2D eigenvalue weighted by atomic mass is 9.66. The molecule has 0 saturated heterocycles. The van der Waals surface area contributed by atoms with Gasteiger partial charge in [-0.15, -0.1) is 0 Å². The van der Waals surface area contributed by atoms with Crippen LogP contribution in [0.3, 0.4) is 0 Å². The molecule has 0 amide bonds. The number of hydrogen-bond donors (Lipinski definition) is 2. The molecule has 0 aliphatic rings. The monoisotopic (exact) mass is 272 g/mol. The molecule has 2 atom stereocenters. The van der Waals surface area contributed by atoms with Crippen LogP contribution in [0, 0.1) is 11.3 Å². The molecule has 0 rings (SSSR count). The van der Waals surface area contributed by atoms with Gasteiger partial charge in [0, 0.05) is 5.41 Å². The lowest BCUT2D eigenvalue weighted by Gasteiger charge is -2.44. The number of aliphatic hydroxyl groups is 2. The van der Waals surface area contributed by atoms with E-state index in [4.69, 9.17) is 0 Å². The van der Waals surface area contributed by atoms with Gasteiger partial charge in [0.2, 0.25) is 0 Å². The van der Waals surface area contributed by atoms with E-state index in [0.29, 0.717) is 5.92 Å². The van der Waals surface area contributed by atoms with Crippen LogP contribution in [-0.2, 0) is 0 Å². The third kappa shape index (κ3) is 5.83. The Morgan fingerprint density at radius 3 is 1.79 bits per heavy atom. The van der Waals surface area contributed by atoms with Crippen molar-refractivity contribution in [1.82, 2.24) is 0 Å². The Kier molecular flexibility index (Phi) is 8.93. The zero-order valence-electron chi connectivity index (χ0n) is 13.8. The molecular formula is C17H36O2. The Morgan fingerprint density at radius 1 is 0.842 bits per heavy atom. The summed E-state index contributed by atoms with van der Waals surface area (Å²) in [6, 6.07) is 0. The first-order chi connectivity index (χ1) is 8.83. The lowest BCUT2D eigenvalue weighted by Crippen LogP contribution is -2.48. The van der Waals surface area contributed by atoms with E-state index in [9.17, 15) is 10.2 Å². The van der Waals surface area contributed by atoms with Crippen LogP contribution < -0.4 is 0 Å². The molecule has 2 N–H and O–H groups in total. The SMILES string of the molecule is CCCCCCCCC(CC)C(C)(CC)C(C)(O)O. The molecule has 0 aromatic rings. The van der Waals surface area contributed by atoms with E-state index in [-0.39, 0.29) is 0 Å². The minimum atomic E-state index is -1.58. The summed E-state index contributed by atoms with van der Waals surface area (Å²) >= 11 is 0. The molecule has 0 aliphatic heterocycles. The Balaban J connectivity index is 4.25. The van der Waals surface area contributed by atoms with Crippen LogP contribution in [0.5, 0.6) is 0 Å². The Morgan fingerprint density at radius 2 is 1.37 bits per heavy atom. The molecule has 0 spiro atoms. The van der Waals surface area contributed by atoms with E-state index in [1.54, 1.807) is 6.92 Å². The van der Waals surface area contributed by atoms with E-state index in [1.807, 2.05) is 6.92 Å². The highest BCUT2D eigenvalue weighted by atomic mass is 16.5. The van der Waals surface area contributed by atoms with E-state index in [1.165, 1.54) is 38.5 Å². The summed E-state index contributed by atoms with van der Waals surface area (Å²) < 4.78 is 0. The fourth-order valence-electron chi connectivity index (χ4n) is 3.15. The predicted octanol–water partition coefficient (Wildman–Crippen LogP) is 4.88. The second-order valence-corrected chi connectivity index (χ2v) is 6.45. The van der Waals surface area contributed by atoms with Crippen molar-refractivity contribution >= 4 is 0 Å². The lowest BCUT2D eigenvalue weighted by molar-refractivity contribution is -0.244. The van der Waals surface area contributed by atoms with Gasteiger partial charge in [0.15, 0.2) is 5.79 Å². The van der Waals surface area contributed by atoms with Gasteiger partial charge in [0.25, 0.3) is 0 Å². The summed E-state index contributed by atoms with van der Waals surface area (Å²) in [4.78, 5) is 0. The third-order valence-corrected chi connectivity index (χ3v) is 5.12. The summed E-state index contributed by atoms with van der Waals surface area (Å²) in [6.45, 7) is 10.0. The summed E-state index contributed by atoms with van der Waals surface area (Å²) in [5.74, 6) is -1.19. The van der Waals surface area contributed by atoms with Gasteiger partial charge >= 0.3 is 0 Å². The maximum Gasteiger partial charge on any atom is 0.165 e. The van der Waals surface area contributed by atoms with Gasteiger partial charge in [0.05, 0.1) is 0 Å². The van der Waals surface area contributed by atoms with Crippen LogP contribution in [0.25, 0.3) is 0 Å². The standard InChI is InChI=1S/C17H36O2/c1-6-9-10-11-12-13-14-15(7-2)16(4,8-3)17(5,18)19/h15,18-19H,6-14H2,1-5H3. The maximum absolute atomic E-state index is 10.1. The zero-order valence-corrected chi connectivity index (χ0v) is 13.8. The normalized spacial score (nSPS) is 17.2. The molecule has 2 unspecified atom stereocenters. The average molecular weight is 272 g/mol. The largest absolute Gasteiger partial charge is 0.365 e. The molecule has 0 aliphatic carbocycles. The van der Waals surface area contributed by atoms with Gasteiger partial charge < -0.3 is 10.2 Å². The van der Waals surface area contributed by atoms with Crippen LogP contribution in [0.4, 0.5) is 0 Å². The van der Waals surface area contributed by atoms with Gasteiger partial charge in [-0.25, -0.2) is 0 Å². The van der Waals surface area contributed by atoms with E-state index >= 15 is 0 Å². The van der Waals surface area contributed by atoms with Crippen molar-refractivity contribution in [2.45, 2.75) is 98.2 Å². The van der Waals surface area contributed by atoms with Gasteiger partial charge in [-0.1, -0.05) is 72.6 Å². The number of unbranched alkanes of at least 4 members (excludes halogenated alkanes) is 5. The van der Waals surface area contributed by atoms with Crippen molar-refractivity contribution < 1.29 is 10.2 Å². The van der Waals surface area contributed by atoms with Crippen LogP contribution in [0.15, 0.2) is 0 Å². The fourth-order valence-corrected chi connectivity index (χ4v) is 3.15. The van der Waals surface area contributed by atoms with Crippen LogP contribution in [0.2, 0.25) is 0 Å². The first-order valence-corrected chi connectivity index (χ1v) is 8.28. The molecule has 2 heteroatoms. The van der Waals surface area contributed by atoms with Gasteiger partial charge in [0.1, 0.15) is 0 Å². The highest BCUT2D eigenvalue weighted by molar-refractivity contribution is 4.89. The minimum absolute atomic E-state index is 0.392. The second kappa shape index (κ2) is 8.97. The van der Waals surface area contributed by atoms with Crippen LogP contribution in [-0.4, -0.2) is 16.0 Å². The molecule has 0 aromatic heterocycles. The Labute approximate surface area is 120 Å². The third-order valence-electron chi connectivity index (χ3n) is 5.12. The Bertz CT molecular complexity index is 220. The highest BCUT2D eigenvalue weighted by Gasteiger charge is 2.45. The Hall–Kier alpha value is -0.0800. The quantitative estimate of drug-likeness (QED) is 0.416. The highest BCUT2D eigenvalue weighted by Crippen LogP contribution is 2.44. The molecule has 0 fully saturated rings. The smallest absolute Gasteiger partial charge is 0.165 e. The maximum atomic E-state index is 10.1. The minimum Gasteiger partial charge on any atom is -0.365 e. The summed E-state index contributed by atoms with van der Waals surface area (Å²) in [5, 5.41) is 20.1. The van der Waals surface area contributed by atoms with Crippen LogP contribution >= 0.6 is 0 Å². The molecule has 0 aromatic carbocycles. The molecule has 0 heterocycles. The molecular weight excluding hydrogens is 236 g/mol. The van der Waals surface area contributed by atoms with E-state index in [0.717, 1.165) is 19.3 Å². The van der Waals surface area contributed by atoms with Crippen molar-refractivity contribution in [2.75, 3.05) is 0 Å². The van der Waals surface area contributed by atoms with Gasteiger partial charge in [-0.2, -0.15) is 0 Å². The van der Waals surface area contributed by atoms with E-state index in [2.05, 4.69) is 20.8 Å². The molecule has 0 bridgehead atoms. The second-order valence-electron chi connectivity index (χ2n) is 6.45. The number of rotatable bonds is 11. The summed E-state index contributed by atoms with van der Waals surface area (Å²) in [5.41, 5.74) is -0.398. The first-order valence-electron chi connectivity index (χ1n) is 8.28. The van der Waals surface area contributed by atoms with Crippen molar-refractivity contribution in [3.63, 3.8) is 0 Å². The predicted molar refractivity (Wildman–Crippen MR) is 83.0 cm³/mol. The van der Waals surface area contributed by atoms with E-state index < -0.39 is 11.2 Å². The van der Waals surface area contributed by atoms with Crippen molar-refractivity contribution in [2.24, 2.45) is 11.3 Å². The molecule has 116 valence electrons. The fraction of sp³-hybridized carbons (Fsp3) is 1.00. The molecule has 0 radical (unpaired) electrons. The summed E-state index contributed by atoms with van der Waals surface area (Å²) in [6.07, 6.45) is 10.7. The number of hydrogen-bond acceptors (Lipinski definition) is 2. The first kappa shape index (κ1) is 18.9. The summed E-state index contributed by atoms with van der Waals surface area (Å²) in [7, 11) is 0. The zero-order chi connectivity index (χ0) is 14.9. The average Bonchev–Trinajstić information content (AvgIpc) is 2.36. The van der Waals surface area contributed by atoms with Crippen molar-refractivity contribution in [1.29, 1.82) is 0 Å². The van der Waals surface area contributed by atoms with Crippen LogP contribution in [0.1, 0.15) is 92.4 Å². The van der Waals surface area contributed by atoms with Crippen molar-refractivity contribution in [3.05, 3.63) is 0 Å². The topological polar surface area (TPSA) is 40.5 Å². The van der Waals surface area contributed by atoms with Gasteiger partial charge in [-0.05, 0) is 25.7 Å². The van der Waals surface area contributed by atoms with Gasteiger partial charge in [-0.3, -0.25) is 0 Å². The van der Waals surface area contributed by atoms with Crippen molar-refractivity contribution in [3.8, 4) is 0 Å².